The molecule has 2 nitrogen and oxygen atoms in total. The molecule has 0 fully saturated rings. The van der Waals surface area contributed by atoms with Crippen LogP contribution in [0.1, 0.15) is 11.1 Å². The quantitative estimate of drug-likeness (QED) is 0.859. The minimum Gasteiger partial charge on any atom is -0.348 e. The second kappa shape index (κ2) is 6.74. The highest BCUT2D eigenvalue weighted by Crippen LogP contribution is 2.09. The number of halogens is 3. The van der Waals surface area contributed by atoms with E-state index in [4.69, 9.17) is 0 Å². The Kier molecular flexibility index (Phi) is 4.77. The summed E-state index contributed by atoms with van der Waals surface area (Å²) in [5.74, 6) is -2.05. The fraction of sp³-hybridized carbons (Fsp3) is 0.0625. The van der Waals surface area contributed by atoms with Crippen LogP contribution in [0.15, 0.2) is 48.5 Å². The van der Waals surface area contributed by atoms with Crippen molar-refractivity contribution in [1.82, 2.24) is 5.32 Å². The third kappa shape index (κ3) is 4.49. The van der Waals surface area contributed by atoms with Crippen molar-refractivity contribution in [1.29, 1.82) is 0 Å². The highest BCUT2D eigenvalue weighted by molar-refractivity contribution is 5.91. The van der Waals surface area contributed by atoms with Crippen LogP contribution >= 0.6 is 0 Å². The summed E-state index contributed by atoms with van der Waals surface area (Å²) < 4.78 is 39.2. The minimum atomic E-state index is -0.592. The first-order valence-electron chi connectivity index (χ1n) is 6.20. The molecular formula is C16H12F3NO. The zero-order valence-electron chi connectivity index (χ0n) is 10.9. The fourth-order valence-electron chi connectivity index (χ4n) is 1.70. The summed E-state index contributed by atoms with van der Waals surface area (Å²) in [6.07, 6.45) is 2.63. The third-order valence-corrected chi connectivity index (χ3v) is 2.74. The Morgan fingerprint density at radius 3 is 2.57 bits per heavy atom. The normalized spacial score (nSPS) is 10.8. The van der Waals surface area contributed by atoms with Crippen LogP contribution in [0.25, 0.3) is 6.08 Å². The lowest BCUT2D eigenvalue weighted by atomic mass is 10.2. The van der Waals surface area contributed by atoms with Gasteiger partial charge in [-0.1, -0.05) is 12.1 Å². The zero-order valence-corrected chi connectivity index (χ0v) is 10.9. The van der Waals surface area contributed by atoms with Gasteiger partial charge in [0.1, 0.15) is 17.5 Å². The molecule has 0 atom stereocenters. The molecule has 0 aliphatic carbocycles. The molecule has 0 saturated heterocycles. The van der Waals surface area contributed by atoms with E-state index in [0.29, 0.717) is 5.56 Å². The summed E-state index contributed by atoms with van der Waals surface area (Å²) in [5, 5.41) is 2.43. The van der Waals surface area contributed by atoms with Gasteiger partial charge >= 0.3 is 0 Å². The van der Waals surface area contributed by atoms with Crippen molar-refractivity contribution in [3.8, 4) is 0 Å². The Bertz CT molecular complexity index is 683. The van der Waals surface area contributed by atoms with Crippen LogP contribution in [0.4, 0.5) is 13.2 Å². The highest BCUT2D eigenvalue weighted by atomic mass is 19.1. The van der Waals surface area contributed by atoms with E-state index >= 15 is 0 Å². The van der Waals surface area contributed by atoms with Gasteiger partial charge < -0.3 is 5.32 Å². The molecule has 1 N–H and O–H groups in total. The second-order valence-electron chi connectivity index (χ2n) is 4.34. The van der Waals surface area contributed by atoms with E-state index in [1.165, 1.54) is 30.4 Å². The van der Waals surface area contributed by atoms with Crippen LogP contribution in [0.3, 0.4) is 0 Å². The molecule has 0 aliphatic heterocycles. The molecule has 1 amide bonds. The lowest BCUT2D eigenvalue weighted by Gasteiger charge is -2.04. The number of rotatable bonds is 4. The topological polar surface area (TPSA) is 29.1 Å². The maximum absolute atomic E-state index is 13.3. The molecule has 0 saturated carbocycles. The first-order chi connectivity index (χ1) is 10.0. The third-order valence-electron chi connectivity index (χ3n) is 2.74. The van der Waals surface area contributed by atoms with Gasteiger partial charge in [-0.05, 0) is 42.0 Å². The van der Waals surface area contributed by atoms with Gasteiger partial charge in [0.05, 0.1) is 0 Å². The summed E-state index contributed by atoms with van der Waals surface area (Å²) >= 11 is 0. The fourth-order valence-corrected chi connectivity index (χ4v) is 1.70. The molecular weight excluding hydrogens is 279 g/mol. The summed E-state index contributed by atoms with van der Waals surface area (Å²) in [6, 6.07) is 8.75. The molecule has 0 unspecified atom stereocenters. The van der Waals surface area contributed by atoms with Crippen LogP contribution < -0.4 is 5.32 Å². The number of hydrogen-bond acceptors (Lipinski definition) is 1. The van der Waals surface area contributed by atoms with Gasteiger partial charge in [0, 0.05) is 18.2 Å². The largest absolute Gasteiger partial charge is 0.348 e. The summed E-state index contributed by atoms with van der Waals surface area (Å²) in [6.45, 7) is -0.129. The number of nitrogens with one attached hydrogen (secondary N) is 1. The van der Waals surface area contributed by atoms with Crippen molar-refractivity contribution in [2.75, 3.05) is 0 Å². The molecule has 2 aromatic rings. The lowest BCUT2D eigenvalue weighted by molar-refractivity contribution is -0.116. The van der Waals surface area contributed by atoms with E-state index < -0.39 is 23.4 Å². The average Bonchev–Trinajstić information content (AvgIpc) is 2.46. The lowest BCUT2D eigenvalue weighted by Crippen LogP contribution is -2.21. The number of carbonyl (C=O) groups excluding carboxylic acids is 1. The van der Waals surface area contributed by atoms with Crippen LogP contribution in [0.5, 0.6) is 0 Å². The van der Waals surface area contributed by atoms with Gasteiger partial charge in [0.25, 0.3) is 0 Å². The predicted molar refractivity (Wildman–Crippen MR) is 73.6 cm³/mol. The minimum absolute atomic E-state index is 0.0579. The van der Waals surface area contributed by atoms with E-state index in [2.05, 4.69) is 5.32 Å². The Morgan fingerprint density at radius 1 is 1.05 bits per heavy atom. The van der Waals surface area contributed by atoms with E-state index in [-0.39, 0.29) is 12.1 Å². The van der Waals surface area contributed by atoms with Crippen molar-refractivity contribution in [2.24, 2.45) is 0 Å². The Balaban J connectivity index is 1.94. The summed E-state index contributed by atoms with van der Waals surface area (Å²) in [4.78, 5) is 11.6. The predicted octanol–water partition coefficient (Wildman–Crippen LogP) is 3.43. The highest BCUT2D eigenvalue weighted by Gasteiger charge is 2.04. The molecule has 0 spiro atoms. The van der Waals surface area contributed by atoms with Gasteiger partial charge in [-0.2, -0.15) is 0 Å². The maximum Gasteiger partial charge on any atom is 0.244 e. The van der Waals surface area contributed by atoms with Crippen LogP contribution in [-0.4, -0.2) is 5.91 Å². The maximum atomic E-state index is 13.3. The smallest absolute Gasteiger partial charge is 0.244 e. The standard InChI is InChI=1S/C16H12F3NO/c17-13-3-1-2-11(8-13)4-7-16(21)20-10-12-9-14(18)5-6-15(12)19/h1-9H,10H2,(H,20,21). The van der Waals surface area contributed by atoms with E-state index in [1.54, 1.807) is 6.07 Å². The zero-order chi connectivity index (χ0) is 15.2. The molecule has 0 aliphatic rings. The molecule has 0 aromatic heterocycles. The molecule has 2 aromatic carbocycles. The molecule has 0 heterocycles. The van der Waals surface area contributed by atoms with Crippen molar-refractivity contribution in [3.63, 3.8) is 0 Å². The first kappa shape index (κ1) is 14.8. The molecule has 5 heteroatoms. The second-order valence-corrected chi connectivity index (χ2v) is 4.34. The average molecular weight is 291 g/mol. The molecule has 21 heavy (non-hydrogen) atoms. The summed E-state index contributed by atoms with van der Waals surface area (Å²) in [5.41, 5.74) is 0.588. The van der Waals surface area contributed by atoms with Crippen molar-refractivity contribution >= 4 is 12.0 Å². The monoisotopic (exact) mass is 291 g/mol. The SMILES string of the molecule is O=C(C=Cc1cccc(F)c1)NCc1cc(F)ccc1F. The summed E-state index contributed by atoms with van der Waals surface area (Å²) in [7, 11) is 0. The Hall–Kier alpha value is -2.56. The Morgan fingerprint density at radius 2 is 1.81 bits per heavy atom. The van der Waals surface area contributed by atoms with Gasteiger partial charge in [-0.3, -0.25) is 4.79 Å². The van der Waals surface area contributed by atoms with Crippen molar-refractivity contribution in [3.05, 3.63) is 77.1 Å². The molecule has 108 valence electrons. The van der Waals surface area contributed by atoms with Crippen LogP contribution in [0.2, 0.25) is 0 Å². The van der Waals surface area contributed by atoms with Gasteiger partial charge in [-0.15, -0.1) is 0 Å². The number of carbonyl (C=O) groups is 1. The van der Waals surface area contributed by atoms with Crippen LogP contribution in [0, 0.1) is 17.5 Å². The number of hydrogen-bond donors (Lipinski definition) is 1. The van der Waals surface area contributed by atoms with Gasteiger partial charge in [0.15, 0.2) is 0 Å². The number of amides is 1. The number of benzene rings is 2. The van der Waals surface area contributed by atoms with Gasteiger partial charge in [0.2, 0.25) is 5.91 Å². The van der Waals surface area contributed by atoms with E-state index in [9.17, 15) is 18.0 Å². The van der Waals surface area contributed by atoms with E-state index in [0.717, 1.165) is 18.2 Å². The molecule has 2 rings (SSSR count). The van der Waals surface area contributed by atoms with E-state index in [1.807, 2.05) is 0 Å². The van der Waals surface area contributed by atoms with Crippen molar-refractivity contribution in [2.45, 2.75) is 6.54 Å². The van der Waals surface area contributed by atoms with Crippen molar-refractivity contribution < 1.29 is 18.0 Å². The molecule has 0 bridgehead atoms. The van der Waals surface area contributed by atoms with Gasteiger partial charge in [-0.25, -0.2) is 13.2 Å². The van der Waals surface area contributed by atoms with Crippen LogP contribution in [-0.2, 0) is 11.3 Å². The molecule has 0 radical (unpaired) electrons. The Labute approximate surface area is 119 Å². The first-order valence-corrected chi connectivity index (χ1v) is 6.20.